The molecule has 60 heavy (non-hydrogen) atoms. The fraction of sp³-hybridized carbons (Fsp3) is 0.409. The molecule has 6 rings (SSSR count). The highest BCUT2D eigenvalue weighted by Gasteiger charge is 2.36. The van der Waals surface area contributed by atoms with Crippen molar-refractivity contribution in [2.75, 3.05) is 66.5 Å². The minimum absolute atomic E-state index is 0.0854. The van der Waals surface area contributed by atoms with E-state index in [1.54, 1.807) is 36.4 Å². The number of unbranched alkanes of at least 4 members (excludes halogenated alkanes) is 5. The number of imide groups is 2. The van der Waals surface area contributed by atoms with E-state index >= 15 is 0 Å². The van der Waals surface area contributed by atoms with Crippen molar-refractivity contribution in [1.82, 2.24) is 29.6 Å². The number of benzene rings is 2. The molecule has 2 aromatic heterocycles. The molecule has 0 unspecified atom stereocenters. The lowest BCUT2D eigenvalue weighted by Crippen LogP contribution is -2.32. The van der Waals surface area contributed by atoms with Gasteiger partial charge in [0.15, 0.2) is 0 Å². The number of urea groups is 2. The van der Waals surface area contributed by atoms with Gasteiger partial charge >= 0.3 is 12.1 Å². The standard InChI is InChI=1S/C44H52Cl2N8O6/c1-49(25-7-9-27-51-41(55)31-53(43(51)57)47-29-37-19-21-39(59-37)33-11-15-35(45)16-12-33)23-5-3-4-6-24-50(2)26-8-10-28-52-42(56)32-54(44(52)58)48-30-38-20-22-40(60-38)34-13-17-36(46)18-14-34/h11-22,29-30H,3-10,23-28,31-32H2,1-2H3/b47-29+,48-30+. The van der Waals surface area contributed by atoms with Crippen LogP contribution in [0.4, 0.5) is 9.59 Å². The summed E-state index contributed by atoms with van der Waals surface area (Å²) in [5.74, 6) is 1.75. The van der Waals surface area contributed by atoms with E-state index in [0.29, 0.717) is 46.2 Å². The maximum Gasteiger partial charge on any atom is 0.347 e. The van der Waals surface area contributed by atoms with Crippen molar-refractivity contribution in [3.8, 4) is 22.6 Å². The van der Waals surface area contributed by atoms with Crippen LogP contribution < -0.4 is 0 Å². The van der Waals surface area contributed by atoms with Gasteiger partial charge in [0.05, 0.1) is 12.4 Å². The van der Waals surface area contributed by atoms with Gasteiger partial charge < -0.3 is 18.6 Å². The van der Waals surface area contributed by atoms with Crippen LogP contribution in [0.5, 0.6) is 0 Å². The third kappa shape index (κ3) is 12.6. The molecule has 6 amide bonds. The fourth-order valence-corrected chi connectivity index (χ4v) is 7.21. The number of furan rings is 2. The second kappa shape index (κ2) is 21.8. The second-order valence-electron chi connectivity index (χ2n) is 15.1. The minimum atomic E-state index is -0.416. The summed E-state index contributed by atoms with van der Waals surface area (Å²) in [5, 5.41) is 12.1. The first-order valence-electron chi connectivity index (χ1n) is 20.4. The molecule has 0 spiro atoms. The van der Waals surface area contributed by atoms with E-state index in [0.717, 1.165) is 88.7 Å². The minimum Gasteiger partial charge on any atom is -0.455 e. The number of amides is 6. The lowest BCUT2D eigenvalue weighted by Gasteiger charge is -2.19. The molecular weight excluding hydrogens is 807 g/mol. The highest BCUT2D eigenvalue weighted by atomic mass is 35.5. The summed E-state index contributed by atoms with van der Waals surface area (Å²) in [6, 6.07) is 20.9. The highest BCUT2D eigenvalue weighted by Crippen LogP contribution is 2.25. The van der Waals surface area contributed by atoms with Gasteiger partial charge in [0.2, 0.25) is 0 Å². The zero-order chi connectivity index (χ0) is 42.4. The third-order valence-electron chi connectivity index (χ3n) is 10.4. The second-order valence-corrected chi connectivity index (χ2v) is 16.0. The van der Waals surface area contributed by atoms with E-state index in [1.165, 1.54) is 32.2 Å². The molecule has 0 atom stereocenters. The summed E-state index contributed by atoms with van der Waals surface area (Å²) in [4.78, 5) is 58.0. The van der Waals surface area contributed by atoms with Crippen LogP contribution in [-0.4, -0.2) is 132 Å². The summed E-state index contributed by atoms with van der Waals surface area (Å²) in [6.07, 6.45) is 10.6. The molecule has 2 fully saturated rings. The zero-order valence-corrected chi connectivity index (χ0v) is 35.7. The van der Waals surface area contributed by atoms with Crippen LogP contribution in [-0.2, 0) is 9.59 Å². The van der Waals surface area contributed by atoms with Crippen molar-refractivity contribution in [2.45, 2.75) is 51.4 Å². The summed E-state index contributed by atoms with van der Waals surface area (Å²) in [5.41, 5.74) is 1.74. The number of rotatable bonds is 23. The predicted molar refractivity (Wildman–Crippen MR) is 233 cm³/mol. The Morgan fingerprint density at radius 2 is 0.900 bits per heavy atom. The number of halogens is 2. The van der Waals surface area contributed by atoms with Crippen molar-refractivity contribution in [1.29, 1.82) is 0 Å². The van der Waals surface area contributed by atoms with Crippen molar-refractivity contribution >= 4 is 59.5 Å². The molecule has 0 radical (unpaired) electrons. The van der Waals surface area contributed by atoms with Gasteiger partial charge in [-0.2, -0.15) is 10.2 Å². The average Bonchev–Trinajstić information content (AvgIpc) is 4.02. The molecule has 4 aromatic rings. The Bertz CT molecular complexity index is 1970. The number of hydrogen-bond donors (Lipinski definition) is 0. The number of carbonyl (C=O) groups excluding carboxylic acids is 4. The molecule has 16 heteroatoms. The van der Waals surface area contributed by atoms with E-state index in [9.17, 15) is 19.2 Å². The first-order valence-corrected chi connectivity index (χ1v) is 21.2. The molecule has 318 valence electrons. The molecule has 2 saturated heterocycles. The van der Waals surface area contributed by atoms with Crippen LogP contribution in [0, 0.1) is 0 Å². The van der Waals surface area contributed by atoms with Gasteiger partial charge in [0.1, 0.15) is 36.1 Å². The highest BCUT2D eigenvalue weighted by molar-refractivity contribution is 6.30. The van der Waals surface area contributed by atoms with E-state index in [-0.39, 0.29) is 24.9 Å². The maximum atomic E-state index is 12.9. The summed E-state index contributed by atoms with van der Waals surface area (Å²) < 4.78 is 11.6. The Kier molecular flexibility index (Phi) is 16.1. The molecule has 2 aliphatic heterocycles. The normalized spacial score (nSPS) is 15.0. The zero-order valence-electron chi connectivity index (χ0n) is 34.2. The number of hydrazone groups is 2. The van der Waals surface area contributed by atoms with Gasteiger partial charge in [-0.1, -0.05) is 36.0 Å². The van der Waals surface area contributed by atoms with Gasteiger partial charge in [-0.15, -0.1) is 0 Å². The van der Waals surface area contributed by atoms with Crippen LogP contribution in [0.25, 0.3) is 22.6 Å². The van der Waals surface area contributed by atoms with Crippen LogP contribution in [0.2, 0.25) is 10.0 Å². The molecular formula is C44H52Cl2N8O6. The SMILES string of the molecule is CN(CCCCCCN(C)CCCCN1C(=O)CN(/N=C/c2ccc(-c3ccc(Cl)cc3)o2)C1=O)CCCCN1C(=O)CN(/N=C/c2ccc(-c3ccc(Cl)cc3)o2)C1=O. The smallest absolute Gasteiger partial charge is 0.347 e. The van der Waals surface area contributed by atoms with Crippen molar-refractivity contribution in [3.63, 3.8) is 0 Å². The molecule has 2 aliphatic rings. The van der Waals surface area contributed by atoms with Crippen molar-refractivity contribution in [3.05, 3.63) is 94.4 Å². The first-order chi connectivity index (χ1) is 29.0. The van der Waals surface area contributed by atoms with Gasteiger partial charge in [0.25, 0.3) is 11.8 Å². The molecule has 14 nitrogen and oxygen atoms in total. The van der Waals surface area contributed by atoms with Gasteiger partial charge in [-0.05, 0) is 152 Å². The Morgan fingerprint density at radius 1 is 0.533 bits per heavy atom. The van der Waals surface area contributed by atoms with Gasteiger partial charge in [0, 0.05) is 34.3 Å². The predicted octanol–water partition coefficient (Wildman–Crippen LogP) is 8.39. The van der Waals surface area contributed by atoms with E-state index in [4.69, 9.17) is 32.0 Å². The topological polar surface area (TPSA) is 139 Å². The molecule has 0 aliphatic carbocycles. The van der Waals surface area contributed by atoms with E-state index in [1.807, 2.05) is 36.4 Å². The number of nitrogens with zero attached hydrogens (tertiary/aromatic N) is 8. The summed E-state index contributed by atoms with van der Waals surface area (Å²) >= 11 is 11.9. The fourth-order valence-electron chi connectivity index (χ4n) is 6.96. The number of carbonyl (C=O) groups is 4. The Labute approximate surface area is 360 Å². The Hall–Kier alpha value is -5.28. The third-order valence-corrected chi connectivity index (χ3v) is 10.9. The molecule has 0 bridgehead atoms. The average molecular weight is 860 g/mol. The van der Waals surface area contributed by atoms with Crippen LogP contribution in [0.15, 0.2) is 91.8 Å². The Morgan fingerprint density at radius 3 is 1.28 bits per heavy atom. The van der Waals surface area contributed by atoms with Crippen LogP contribution in [0.1, 0.15) is 62.9 Å². The largest absolute Gasteiger partial charge is 0.455 e. The monoisotopic (exact) mass is 858 g/mol. The maximum absolute atomic E-state index is 12.9. The lowest BCUT2D eigenvalue weighted by molar-refractivity contribution is -0.126. The number of hydrogen-bond acceptors (Lipinski definition) is 10. The van der Waals surface area contributed by atoms with Crippen molar-refractivity contribution < 1.29 is 28.0 Å². The van der Waals surface area contributed by atoms with Crippen LogP contribution >= 0.6 is 23.2 Å². The van der Waals surface area contributed by atoms with Gasteiger partial charge in [-0.25, -0.2) is 19.6 Å². The van der Waals surface area contributed by atoms with Crippen LogP contribution in [0.3, 0.4) is 0 Å². The quantitative estimate of drug-likeness (QED) is 0.0412. The lowest BCUT2D eigenvalue weighted by atomic mass is 10.1. The van der Waals surface area contributed by atoms with Crippen molar-refractivity contribution in [2.24, 2.45) is 10.2 Å². The van der Waals surface area contributed by atoms with E-state index < -0.39 is 12.1 Å². The Balaban J connectivity index is 0.767. The molecule has 0 saturated carbocycles. The molecule has 0 N–H and O–H groups in total. The summed E-state index contributed by atoms with van der Waals surface area (Å²) in [6.45, 7) is 4.36. The van der Waals surface area contributed by atoms with Gasteiger partial charge in [-0.3, -0.25) is 19.4 Å². The first kappa shape index (κ1) is 44.3. The molecule has 2 aromatic carbocycles. The summed E-state index contributed by atoms with van der Waals surface area (Å²) in [7, 11) is 4.22. The molecule has 4 heterocycles. The van der Waals surface area contributed by atoms with E-state index in [2.05, 4.69) is 34.1 Å².